The largest absolute Gasteiger partial charge is 0.370 e. The molecule has 1 aromatic heterocycles. The standard InChI is InChI=1S/C27H26N4O2/c28-26(32)20-12-13-25(30-14-6-7-15-30)23(16-20)29-27(33)22-18-31(17-19-8-2-1-3-9-19)24-11-5-4-10-21(22)24/h1-5,8-13,16,18H,6-7,14-15,17H2,(H2,28,32)(H,29,33). The molecule has 1 fully saturated rings. The minimum Gasteiger partial charge on any atom is -0.370 e. The van der Waals surface area contributed by atoms with Gasteiger partial charge >= 0.3 is 0 Å². The highest BCUT2D eigenvalue weighted by Crippen LogP contribution is 2.31. The van der Waals surface area contributed by atoms with Gasteiger partial charge in [-0.1, -0.05) is 48.5 Å². The lowest BCUT2D eigenvalue weighted by atomic mass is 10.1. The van der Waals surface area contributed by atoms with Gasteiger partial charge in [0.1, 0.15) is 0 Å². The molecule has 0 unspecified atom stereocenters. The number of anilines is 2. The van der Waals surface area contributed by atoms with Gasteiger partial charge in [-0.05, 0) is 42.7 Å². The van der Waals surface area contributed by atoms with E-state index in [0.717, 1.165) is 48.1 Å². The summed E-state index contributed by atoms with van der Waals surface area (Å²) in [5.74, 6) is -0.724. The van der Waals surface area contributed by atoms with E-state index in [1.807, 2.05) is 54.7 Å². The van der Waals surface area contributed by atoms with Crippen LogP contribution in [0.15, 0.2) is 79.0 Å². The average Bonchev–Trinajstić information content (AvgIpc) is 3.49. The quantitative estimate of drug-likeness (QED) is 0.460. The molecular formula is C27H26N4O2. The van der Waals surface area contributed by atoms with Gasteiger partial charge in [0, 0.05) is 42.3 Å². The maximum atomic E-state index is 13.5. The first-order valence-corrected chi connectivity index (χ1v) is 11.2. The minimum absolute atomic E-state index is 0.208. The van der Waals surface area contributed by atoms with Gasteiger partial charge in [0.05, 0.1) is 16.9 Å². The lowest BCUT2D eigenvalue weighted by Crippen LogP contribution is -2.22. The predicted octanol–water partition coefficient (Wildman–Crippen LogP) is 4.64. The molecule has 0 bridgehead atoms. The fraction of sp³-hybridized carbons (Fsp3) is 0.185. The highest BCUT2D eigenvalue weighted by atomic mass is 16.2. The first kappa shape index (κ1) is 20.8. The Kier molecular flexibility index (Phi) is 5.57. The number of carbonyl (C=O) groups excluding carboxylic acids is 2. The van der Waals surface area contributed by atoms with Crippen LogP contribution in [0.5, 0.6) is 0 Å². The zero-order valence-electron chi connectivity index (χ0n) is 18.3. The molecule has 6 heteroatoms. The van der Waals surface area contributed by atoms with E-state index in [9.17, 15) is 9.59 Å². The third-order valence-electron chi connectivity index (χ3n) is 6.20. The number of benzene rings is 3. The monoisotopic (exact) mass is 438 g/mol. The van der Waals surface area contributed by atoms with Gasteiger partial charge in [0.15, 0.2) is 0 Å². The van der Waals surface area contributed by atoms with E-state index in [2.05, 4.69) is 26.9 Å². The molecule has 1 aliphatic heterocycles. The van der Waals surface area contributed by atoms with Crippen LogP contribution in [0.2, 0.25) is 0 Å². The van der Waals surface area contributed by atoms with Gasteiger partial charge in [-0.2, -0.15) is 0 Å². The molecule has 3 N–H and O–H groups in total. The minimum atomic E-state index is -0.516. The van der Waals surface area contributed by atoms with Gasteiger partial charge < -0.3 is 20.5 Å². The number of nitrogens with zero attached hydrogens (tertiary/aromatic N) is 2. The molecule has 4 aromatic rings. The van der Waals surface area contributed by atoms with Crippen molar-refractivity contribution in [3.8, 4) is 0 Å². The van der Waals surface area contributed by atoms with Crippen molar-refractivity contribution < 1.29 is 9.59 Å². The summed E-state index contributed by atoms with van der Waals surface area (Å²) >= 11 is 0. The average molecular weight is 439 g/mol. The molecule has 0 radical (unpaired) electrons. The van der Waals surface area contributed by atoms with Crippen LogP contribution in [0.4, 0.5) is 11.4 Å². The molecule has 2 amide bonds. The SMILES string of the molecule is NC(=O)c1ccc(N2CCCC2)c(NC(=O)c2cn(Cc3ccccc3)c3ccccc23)c1. The van der Waals surface area contributed by atoms with Gasteiger partial charge in [-0.25, -0.2) is 0 Å². The van der Waals surface area contributed by atoms with Crippen LogP contribution >= 0.6 is 0 Å². The maximum absolute atomic E-state index is 13.5. The van der Waals surface area contributed by atoms with Crippen molar-refractivity contribution in [1.29, 1.82) is 0 Å². The highest BCUT2D eigenvalue weighted by molar-refractivity contribution is 6.14. The second-order valence-electron chi connectivity index (χ2n) is 8.42. The first-order chi connectivity index (χ1) is 16.1. The van der Waals surface area contributed by atoms with Crippen LogP contribution in [0.25, 0.3) is 10.9 Å². The van der Waals surface area contributed by atoms with Crippen LogP contribution in [0.1, 0.15) is 39.1 Å². The summed E-state index contributed by atoms with van der Waals surface area (Å²) in [5.41, 5.74) is 10.2. The van der Waals surface area contributed by atoms with E-state index < -0.39 is 5.91 Å². The summed E-state index contributed by atoms with van der Waals surface area (Å²) in [6.07, 6.45) is 4.12. The molecule has 5 rings (SSSR count). The molecule has 33 heavy (non-hydrogen) atoms. The molecule has 1 aliphatic rings. The summed E-state index contributed by atoms with van der Waals surface area (Å²) in [7, 11) is 0. The van der Waals surface area contributed by atoms with Gasteiger partial charge in [0.25, 0.3) is 5.91 Å². The summed E-state index contributed by atoms with van der Waals surface area (Å²) in [5, 5.41) is 3.96. The number of nitrogens with one attached hydrogen (secondary N) is 1. The van der Waals surface area contributed by atoms with Crippen LogP contribution in [-0.2, 0) is 6.54 Å². The number of hydrogen-bond donors (Lipinski definition) is 2. The summed E-state index contributed by atoms with van der Waals surface area (Å²) < 4.78 is 2.10. The fourth-order valence-electron chi connectivity index (χ4n) is 4.55. The molecule has 2 heterocycles. The van der Waals surface area contributed by atoms with Crippen molar-refractivity contribution in [2.24, 2.45) is 5.73 Å². The Morgan fingerprint density at radius 1 is 0.909 bits per heavy atom. The molecule has 166 valence electrons. The van der Waals surface area contributed by atoms with E-state index in [1.165, 1.54) is 0 Å². The second kappa shape index (κ2) is 8.82. The topological polar surface area (TPSA) is 80.4 Å². The van der Waals surface area contributed by atoms with Gasteiger partial charge in [-0.15, -0.1) is 0 Å². The Bertz CT molecular complexity index is 1320. The Morgan fingerprint density at radius 3 is 2.39 bits per heavy atom. The van der Waals surface area contributed by atoms with E-state index in [1.54, 1.807) is 12.1 Å². The van der Waals surface area contributed by atoms with Gasteiger partial charge in [0.2, 0.25) is 5.91 Å². The zero-order chi connectivity index (χ0) is 22.8. The number of rotatable bonds is 6. The number of nitrogens with two attached hydrogens (primary N) is 1. The van der Waals surface area contributed by atoms with Crippen LogP contribution in [0.3, 0.4) is 0 Å². The van der Waals surface area contributed by atoms with E-state index >= 15 is 0 Å². The lowest BCUT2D eigenvalue weighted by Gasteiger charge is -2.22. The Hall–Kier alpha value is -4.06. The fourth-order valence-corrected chi connectivity index (χ4v) is 4.55. The molecule has 0 aliphatic carbocycles. The maximum Gasteiger partial charge on any atom is 0.257 e. The number of para-hydroxylation sites is 1. The van der Waals surface area contributed by atoms with Crippen LogP contribution in [0, 0.1) is 0 Å². The molecule has 3 aromatic carbocycles. The Morgan fingerprint density at radius 2 is 1.64 bits per heavy atom. The number of aromatic nitrogens is 1. The molecule has 1 saturated heterocycles. The summed E-state index contributed by atoms with van der Waals surface area (Å²) in [6.45, 7) is 2.52. The Balaban J connectivity index is 1.51. The van der Waals surface area contributed by atoms with Crippen molar-refractivity contribution in [3.63, 3.8) is 0 Å². The number of fused-ring (bicyclic) bond motifs is 1. The second-order valence-corrected chi connectivity index (χ2v) is 8.42. The number of primary amides is 1. The smallest absolute Gasteiger partial charge is 0.257 e. The first-order valence-electron chi connectivity index (χ1n) is 11.2. The third-order valence-corrected chi connectivity index (χ3v) is 6.20. The molecule has 6 nitrogen and oxygen atoms in total. The van der Waals surface area contributed by atoms with E-state index in [0.29, 0.717) is 23.4 Å². The highest BCUT2D eigenvalue weighted by Gasteiger charge is 2.21. The van der Waals surface area contributed by atoms with E-state index in [4.69, 9.17) is 5.73 Å². The van der Waals surface area contributed by atoms with Crippen LogP contribution < -0.4 is 16.0 Å². The van der Waals surface area contributed by atoms with E-state index in [-0.39, 0.29) is 5.91 Å². The molecule has 0 atom stereocenters. The molecule has 0 saturated carbocycles. The summed E-state index contributed by atoms with van der Waals surface area (Å²) in [6, 6.07) is 23.4. The predicted molar refractivity (Wildman–Crippen MR) is 132 cm³/mol. The number of carbonyl (C=O) groups is 2. The summed E-state index contributed by atoms with van der Waals surface area (Å²) in [4.78, 5) is 27.5. The number of amides is 2. The van der Waals surface area contributed by atoms with Crippen molar-refractivity contribution in [3.05, 3.63) is 95.7 Å². The van der Waals surface area contributed by atoms with Crippen molar-refractivity contribution in [1.82, 2.24) is 4.57 Å². The van der Waals surface area contributed by atoms with Crippen molar-refractivity contribution in [2.45, 2.75) is 19.4 Å². The van der Waals surface area contributed by atoms with Gasteiger partial charge in [-0.3, -0.25) is 9.59 Å². The Labute approximate surface area is 192 Å². The lowest BCUT2D eigenvalue weighted by molar-refractivity contribution is 0.0996. The third kappa shape index (κ3) is 4.20. The van der Waals surface area contributed by atoms with Crippen molar-refractivity contribution >= 4 is 34.1 Å². The molecular weight excluding hydrogens is 412 g/mol. The normalized spacial score (nSPS) is 13.4. The van der Waals surface area contributed by atoms with Crippen LogP contribution in [-0.4, -0.2) is 29.5 Å². The number of hydrogen-bond acceptors (Lipinski definition) is 3. The molecule has 0 spiro atoms. The zero-order valence-corrected chi connectivity index (χ0v) is 18.3. The van der Waals surface area contributed by atoms with Crippen molar-refractivity contribution in [2.75, 3.05) is 23.3 Å².